The van der Waals surface area contributed by atoms with E-state index < -0.39 is 0 Å². The van der Waals surface area contributed by atoms with Crippen molar-refractivity contribution in [1.29, 1.82) is 5.26 Å². The first kappa shape index (κ1) is 10.6. The molecule has 1 rings (SSSR count). The molecule has 0 radical (unpaired) electrons. The van der Waals surface area contributed by atoms with Gasteiger partial charge in [0.2, 0.25) is 0 Å². The molecule has 0 aliphatic rings. The molecule has 0 saturated carbocycles. The van der Waals surface area contributed by atoms with Gasteiger partial charge in [-0.25, -0.2) is 0 Å². The van der Waals surface area contributed by atoms with Crippen molar-refractivity contribution in [3.05, 3.63) is 29.8 Å². The van der Waals surface area contributed by atoms with Gasteiger partial charge in [0.05, 0.1) is 11.7 Å². The molecular weight excluding hydrogens is 174 g/mol. The number of rotatable bonds is 4. The Bertz CT molecular complexity index is 323. The van der Waals surface area contributed by atoms with Crippen LogP contribution in [0, 0.1) is 11.3 Å². The minimum Gasteiger partial charge on any atom is -0.489 e. The summed E-state index contributed by atoms with van der Waals surface area (Å²) in [6.45, 7) is 4.17. The Kier molecular flexibility index (Phi) is 4.00. The maximum Gasteiger partial charge on any atom is 0.137 e. The quantitative estimate of drug-likeness (QED) is 0.729. The van der Waals surface area contributed by atoms with Gasteiger partial charge in [-0.15, -0.1) is 0 Å². The number of nitriles is 1. The molecule has 0 unspecified atom stereocenters. The molecule has 0 atom stereocenters. The second kappa shape index (κ2) is 5.29. The lowest BCUT2D eigenvalue weighted by Gasteiger charge is -2.16. The normalized spacial score (nSPS) is 9.86. The topological polar surface area (TPSA) is 33.0 Å². The van der Waals surface area contributed by atoms with Crippen molar-refractivity contribution >= 4 is 0 Å². The van der Waals surface area contributed by atoms with Gasteiger partial charge in [-0.05, 0) is 25.0 Å². The van der Waals surface area contributed by atoms with Crippen molar-refractivity contribution in [1.82, 2.24) is 0 Å². The Morgan fingerprint density at radius 2 is 1.93 bits per heavy atom. The van der Waals surface area contributed by atoms with E-state index in [1.165, 1.54) is 0 Å². The molecule has 0 heterocycles. The highest BCUT2D eigenvalue weighted by Gasteiger charge is 2.07. The molecule has 0 aromatic heterocycles. The van der Waals surface area contributed by atoms with Gasteiger partial charge < -0.3 is 4.74 Å². The van der Waals surface area contributed by atoms with Crippen LogP contribution in [0.1, 0.15) is 32.3 Å². The number of ether oxygens (including phenoxy) is 1. The van der Waals surface area contributed by atoms with Crippen molar-refractivity contribution in [2.75, 3.05) is 0 Å². The lowest BCUT2D eigenvalue weighted by molar-refractivity contribution is 0.192. The number of benzene rings is 1. The van der Waals surface area contributed by atoms with Crippen LogP contribution in [0.2, 0.25) is 0 Å². The van der Waals surface area contributed by atoms with E-state index in [2.05, 4.69) is 19.9 Å². The molecule has 0 N–H and O–H groups in total. The first-order chi connectivity index (χ1) is 6.81. The van der Waals surface area contributed by atoms with Crippen LogP contribution in [0.15, 0.2) is 24.3 Å². The van der Waals surface area contributed by atoms with Crippen LogP contribution in [0.25, 0.3) is 0 Å². The maximum atomic E-state index is 8.85. The van der Waals surface area contributed by atoms with Crippen molar-refractivity contribution in [2.45, 2.75) is 32.8 Å². The highest BCUT2D eigenvalue weighted by molar-refractivity contribution is 5.42. The van der Waals surface area contributed by atoms with Crippen LogP contribution in [0.5, 0.6) is 5.75 Å². The molecule has 0 fully saturated rings. The van der Waals surface area contributed by atoms with Gasteiger partial charge in [-0.1, -0.05) is 26.0 Å². The van der Waals surface area contributed by atoms with Gasteiger partial charge in [0, 0.05) is 0 Å². The summed E-state index contributed by atoms with van der Waals surface area (Å²) in [5, 5.41) is 8.85. The van der Waals surface area contributed by atoms with Gasteiger partial charge in [0.1, 0.15) is 11.8 Å². The molecule has 0 aliphatic heterocycles. The summed E-state index contributed by atoms with van der Waals surface area (Å²) in [7, 11) is 0. The summed E-state index contributed by atoms with van der Waals surface area (Å²) in [6.07, 6.45) is 2.15. The number of nitrogens with zero attached hydrogens (tertiary/aromatic N) is 1. The minimum absolute atomic E-state index is 0.212. The van der Waals surface area contributed by atoms with E-state index in [0.717, 1.165) is 12.8 Å². The predicted molar refractivity (Wildman–Crippen MR) is 56.2 cm³/mol. The van der Waals surface area contributed by atoms with Gasteiger partial charge in [0.15, 0.2) is 0 Å². The zero-order valence-corrected chi connectivity index (χ0v) is 8.66. The van der Waals surface area contributed by atoms with Crippen molar-refractivity contribution in [3.8, 4) is 11.8 Å². The number of para-hydroxylation sites is 1. The van der Waals surface area contributed by atoms with E-state index in [0.29, 0.717) is 11.3 Å². The third-order valence-electron chi connectivity index (χ3n) is 2.21. The van der Waals surface area contributed by atoms with Crippen LogP contribution >= 0.6 is 0 Å². The van der Waals surface area contributed by atoms with Crippen molar-refractivity contribution in [3.63, 3.8) is 0 Å². The summed E-state index contributed by atoms with van der Waals surface area (Å²) in [5.74, 6) is 0.698. The molecule has 0 bridgehead atoms. The first-order valence-electron chi connectivity index (χ1n) is 4.97. The third-order valence-corrected chi connectivity index (χ3v) is 2.21. The lowest BCUT2D eigenvalue weighted by atomic mass is 10.2. The molecule has 2 nitrogen and oxygen atoms in total. The smallest absolute Gasteiger partial charge is 0.137 e. The number of hydrogen-bond donors (Lipinski definition) is 0. The molecule has 1 aromatic rings. The fraction of sp³-hybridized carbons (Fsp3) is 0.417. The fourth-order valence-electron chi connectivity index (χ4n) is 1.30. The summed E-state index contributed by atoms with van der Waals surface area (Å²) in [5.41, 5.74) is 0.611. The van der Waals surface area contributed by atoms with E-state index in [1.54, 1.807) is 6.07 Å². The van der Waals surface area contributed by atoms with Crippen LogP contribution in [-0.4, -0.2) is 6.10 Å². The summed E-state index contributed by atoms with van der Waals surface area (Å²) < 4.78 is 5.71. The molecule has 0 saturated heterocycles. The largest absolute Gasteiger partial charge is 0.489 e. The van der Waals surface area contributed by atoms with Crippen molar-refractivity contribution < 1.29 is 4.74 Å². The Labute approximate surface area is 85.1 Å². The van der Waals surface area contributed by atoms with E-state index in [4.69, 9.17) is 10.00 Å². The lowest BCUT2D eigenvalue weighted by Crippen LogP contribution is -2.14. The molecule has 0 spiro atoms. The third kappa shape index (κ3) is 2.50. The highest BCUT2D eigenvalue weighted by Crippen LogP contribution is 2.19. The minimum atomic E-state index is 0.212. The molecule has 2 heteroatoms. The van der Waals surface area contributed by atoms with Crippen LogP contribution in [0.3, 0.4) is 0 Å². The molecule has 0 aliphatic carbocycles. The van der Waals surface area contributed by atoms with E-state index in [9.17, 15) is 0 Å². The summed E-state index contributed by atoms with van der Waals surface area (Å²) in [4.78, 5) is 0. The fourth-order valence-corrected chi connectivity index (χ4v) is 1.30. The van der Waals surface area contributed by atoms with Gasteiger partial charge >= 0.3 is 0 Å². The first-order valence-corrected chi connectivity index (χ1v) is 4.97. The van der Waals surface area contributed by atoms with Crippen LogP contribution in [-0.2, 0) is 0 Å². The van der Waals surface area contributed by atoms with Crippen LogP contribution < -0.4 is 4.74 Å². The van der Waals surface area contributed by atoms with Crippen molar-refractivity contribution in [2.24, 2.45) is 0 Å². The maximum absolute atomic E-state index is 8.85. The average Bonchev–Trinajstić information content (AvgIpc) is 2.26. The zero-order valence-electron chi connectivity index (χ0n) is 8.66. The summed E-state index contributed by atoms with van der Waals surface area (Å²) >= 11 is 0. The van der Waals surface area contributed by atoms with Crippen LogP contribution in [0.4, 0.5) is 0 Å². The highest BCUT2D eigenvalue weighted by atomic mass is 16.5. The van der Waals surface area contributed by atoms with E-state index >= 15 is 0 Å². The van der Waals surface area contributed by atoms with Gasteiger partial charge in [-0.2, -0.15) is 5.26 Å². The molecule has 74 valence electrons. The average molecular weight is 189 g/mol. The predicted octanol–water partition coefficient (Wildman–Crippen LogP) is 3.13. The second-order valence-corrected chi connectivity index (χ2v) is 3.16. The standard InChI is InChI=1S/C12H15NO/c1-3-11(4-2)14-12-8-6-5-7-10(12)9-13/h5-8,11H,3-4H2,1-2H3. The van der Waals surface area contributed by atoms with Gasteiger partial charge in [0.25, 0.3) is 0 Å². The molecule has 14 heavy (non-hydrogen) atoms. The SMILES string of the molecule is CCC(CC)Oc1ccccc1C#N. The Hall–Kier alpha value is -1.49. The second-order valence-electron chi connectivity index (χ2n) is 3.16. The zero-order chi connectivity index (χ0) is 10.4. The Balaban J connectivity index is 2.80. The molecule has 1 aromatic carbocycles. The monoisotopic (exact) mass is 189 g/mol. The van der Waals surface area contributed by atoms with Gasteiger partial charge in [-0.3, -0.25) is 0 Å². The molecule has 0 amide bonds. The Morgan fingerprint density at radius 1 is 1.29 bits per heavy atom. The van der Waals surface area contributed by atoms with E-state index in [1.807, 2.05) is 18.2 Å². The Morgan fingerprint density at radius 3 is 2.50 bits per heavy atom. The number of hydrogen-bond acceptors (Lipinski definition) is 2. The van der Waals surface area contributed by atoms with E-state index in [-0.39, 0.29) is 6.10 Å². The summed E-state index contributed by atoms with van der Waals surface area (Å²) in [6, 6.07) is 9.48. The molecular formula is C12H15NO.